The molecule has 3 rings (SSSR count). The number of aliphatic hydroxyl groups is 1. The number of benzene rings is 1. The lowest BCUT2D eigenvalue weighted by atomic mass is 9.82. The molecule has 0 aromatic heterocycles. The average Bonchev–Trinajstić information content (AvgIpc) is 2.71. The second kappa shape index (κ2) is 5.16. The largest absolute Gasteiger partial charge is 0.490 e. The van der Waals surface area contributed by atoms with E-state index >= 15 is 0 Å². The molecule has 2 aliphatic carbocycles. The quantitative estimate of drug-likeness (QED) is 0.874. The van der Waals surface area contributed by atoms with Crippen LogP contribution in [0.2, 0.25) is 0 Å². The molecule has 0 saturated heterocycles. The Kier molecular flexibility index (Phi) is 3.53. The second-order valence-electron chi connectivity index (χ2n) is 6.54. The Balaban J connectivity index is 1.77. The van der Waals surface area contributed by atoms with Gasteiger partial charge in [-0.1, -0.05) is 26.0 Å². The molecule has 19 heavy (non-hydrogen) atoms. The van der Waals surface area contributed by atoms with E-state index in [4.69, 9.17) is 4.74 Å². The molecule has 1 fully saturated rings. The minimum Gasteiger partial charge on any atom is -0.490 e. The minimum atomic E-state index is -0.289. The van der Waals surface area contributed by atoms with E-state index in [1.54, 1.807) is 0 Å². The fraction of sp³-hybridized carbons (Fsp3) is 0.647. The van der Waals surface area contributed by atoms with Crippen molar-refractivity contribution in [3.8, 4) is 5.75 Å². The topological polar surface area (TPSA) is 29.5 Å². The predicted molar refractivity (Wildman–Crippen MR) is 76.3 cm³/mol. The molecule has 104 valence electrons. The first-order valence-electron chi connectivity index (χ1n) is 7.60. The summed E-state index contributed by atoms with van der Waals surface area (Å²) in [6.07, 6.45) is 5.50. The maximum Gasteiger partial charge on any atom is 0.123 e. The van der Waals surface area contributed by atoms with Gasteiger partial charge >= 0.3 is 0 Å². The summed E-state index contributed by atoms with van der Waals surface area (Å²) in [4.78, 5) is 0. The molecule has 0 heterocycles. The molecule has 0 amide bonds. The van der Waals surface area contributed by atoms with Gasteiger partial charge in [0.1, 0.15) is 5.75 Å². The van der Waals surface area contributed by atoms with Crippen LogP contribution < -0.4 is 4.74 Å². The van der Waals surface area contributed by atoms with Crippen LogP contribution in [0.15, 0.2) is 18.2 Å². The van der Waals surface area contributed by atoms with Crippen molar-refractivity contribution in [1.29, 1.82) is 0 Å². The van der Waals surface area contributed by atoms with E-state index in [-0.39, 0.29) is 6.10 Å². The Morgan fingerprint density at radius 1 is 1.11 bits per heavy atom. The van der Waals surface area contributed by atoms with Crippen LogP contribution in [-0.4, -0.2) is 11.2 Å². The van der Waals surface area contributed by atoms with Gasteiger partial charge in [0.15, 0.2) is 0 Å². The van der Waals surface area contributed by atoms with Crippen molar-refractivity contribution in [1.82, 2.24) is 0 Å². The molecule has 3 atom stereocenters. The minimum absolute atomic E-state index is 0.289. The van der Waals surface area contributed by atoms with Crippen molar-refractivity contribution in [2.75, 3.05) is 0 Å². The summed E-state index contributed by atoms with van der Waals surface area (Å²) < 4.78 is 6.28. The lowest BCUT2D eigenvalue weighted by molar-refractivity contribution is 0.100. The highest BCUT2D eigenvalue weighted by Crippen LogP contribution is 2.39. The average molecular weight is 260 g/mol. The van der Waals surface area contributed by atoms with Crippen LogP contribution in [0.4, 0.5) is 0 Å². The lowest BCUT2D eigenvalue weighted by Crippen LogP contribution is -2.28. The fourth-order valence-corrected chi connectivity index (χ4v) is 3.86. The summed E-state index contributed by atoms with van der Waals surface area (Å²) in [7, 11) is 0. The van der Waals surface area contributed by atoms with Crippen molar-refractivity contribution in [3.63, 3.8) is 0 Å². The van der Waals surface area contributed by atoms with Gasteiger partial charge in [-0.15, -0.1) is 0 Å². The molecule has 0 aliphatic heterocycles. The molecule has 1 aromatic carbocycles. The third kappa shape index (κ3) is 2.64. The van der Waals surface area contributed by atoms with Gasteiger partial charge in [-0.25, -0.2) is 0 Å². The van der Waals surface area contributed by atoms with Crippen LogP contribution >= 0.6 is 0 Å². The molecule has 2 aliphatic rings. The highest BCUT2D eigenvalue weighted by Gasteiger charge is 2.28. The highest BCUT2D eigenvalue weighted by atomic mass is 16.5. The highest BCUT2D eigenvalue weighted by molar-refractivity contribution is 5.44. The Morgan fingerprint density at radius 2 is 1.84 bits per heavy atom. The van der Waals surface area contributed by atoms with Gasteiger partial charge in [-0.2, -0.15) is 0 Å². The first kappa shape index (κ1) is 13.0. The Labute approximate surface area is 115 Å². The normalized spacial score (nSPS) is 34.1. The van der Waals surface area contributed by atoms with Crippen molar-refractivity contribution < 1.29 is 9.84 Å². The molecule has 3 unspecified atom stereocenters. The van der Waals surface area contributed by atoms with Crippen molar-refractivity contribution in [2.24, 2.45) is 11.8 Å². The Bertz CT molecular complexity index is 445. The first-order chi connectivity index (χ1) is 9.13. The summed E-state index contributed by atoms with van der Waals surface area (Å²) >= 11 is 0. The SMILES string of the molecule is CC1CC(C)CC(Oc2cccc3c2CCC3O)C1. The zero-order valence-corrected chi connectivity index (χ0v) is 11.9. The number of hydrogen-bond acceptors (Lipinski definition) is 2. The van der Waals surface area contributed by atoms with E-state index in [1.807, 2.05) is 12.1 Å². The van der Waals surface area contributed by atoms with Gasteiger partial charge < -0.3 is 9.84 Å². The molecule has 1 aromatic rings. The second-order valence-corrected chi connectivity index (χ2v) is 6.54. The number of rotatable bonds is 2. The van der Waals surface area contributed by atoms with Gasteiger partial charge in [-0.3, -0.25) is 0 Å². The number of fused-ring (bicyclic) bond motifs is 1. The number of hydrogen-bond donors (Lipinski definition) is 1. The molecule has 1 N–H and O–H groups in total. The van der Waals surface area contributed by atoms with E-state index in [1.165, 1.54) is 12.0 Å². The van der Waals surface area contributed by atoms with E-state index < -0.39 is 0 Å². The van der Waals surface area contributed by atoms with Crippen molar-refractivity contribution in [3.05, 3.63) is 29.3 Å². The standard InChI is InChI=1S/C17H24O2/c1-11-8-12(2)10-13(9-11)19-17-5-3-4-14-15(17)6-7-16(14)18/h3-5,11-13,16,18H,6-10H2,1-2H3. The molecule has 0 radical (unpaired) electrons. The predicted octanol–water partition coefficient (Wildman–Crippen LogP) is 3.87. The van der Waals surface area contributed by atoms with Gasteiger partial charge in [-0.05, 0) is 55.6 Å². The monoisotopic (exact) mass is 260 g/mol. The van der Waals surface area contributed by atoms with E-state index in [0.717, 1.165) is 48.8 Å². The zero-order valence-electron chi connectivity index (χ0n) is 11.9. The molecule has 2 heteroatoms. The lowest BCUT2D eigenvalue weighted by Gasteiger charge is -2.32. The van der Waals surface area contributed by atoms with E-state index in [9.17, 15) is 5.11 Å². The molecule has 0 bridgehead atoms. The Morgan fingerprint density at radius 3 is 2.58 bits per heavy atom. The van der Waals surface area contributed by atoms with Crippen molar-refractivity contribution >= 4 is 0 Å². The third-order valence-electron chi connectivity index (χ3n) is 4.62. The summed E-state index contributed by atoms with van der Waals surface area (Å²) in [5.41, 5.74) is 2.32. The molecular weight excluding hydrogens is 236 g/mol. The van der Waals surface area contributed by atoms with Gasteiger partial charge in [0.05, 0.1) is 12.2 Å². The maximum atomic E-state index is 9.94. The van der Waals surface area contributed by atoms with Crippen LogP contribution in [0.3, 0.4) is 0 Å². The van der Waals surface area contributed by atoms with Crippen LogP contribution in [0.1, 0.15) is 56.8 Å². The Hall–Kier alpha value is -1.02. The molecule has 0 spiro atoms. The van der Waals surface area contributed by atoms with Crippen LogP contribution in [0.25, 0.3) is 0 Å². The van der Waals surface area contributed by atoms with E-state index in [0.29, 0.717) is 6.10 Å². The van der Waals surface area contributed by atoms with Crippen LogP contribution in [0, 0.1) is 11.8 Å². The van der Waals surface area contributed by atoms with Crippen molar-refractivity contribution in [2.45, 2.75) is 58.2 Å². The molecular formula is C17H24O2. The fourth-order valence-electron chi connectivity index (χ4n) is 3.86. The van der Waals surface area contributed by atoms with Crippen LogP contribution in [0.5, 0.6) is 5.75 Å². The summed E-state index contributed by atoms with van der Waals surface area (Å²) in [5.74, 6) is 2.53. The maximum absolute atomic E-state index is 9.94. The summed E-state index contributed by atoms with van der Waals surface area (Å²) in [6, 6.07) is 6.12. The zero-order chi connectivity index (χ0) is 13.4. The van der Waals surface area contributed by atoms with Crippen LogP contribution in [-0.2, 0) is 6.42 Å². The third-order valence-corrected chi connectivity index (χ3v) is 4.62. The van der Waals surface area contributed by atoms with E-state index in [2.05, 4.69) is 19.9 Å². The summed E-state index contributed by atoms with van der Waals surface area (Å²) in [5, 5.41) is 9.94. The van der Waals surface area contributed by atoms with Gasteiger partial charge in [0.25, 0.3) is 0 Å². The summed E-state index contributed by atoms with van der Waals surface area (Å²) in [6.45, 7) is 4.65. The van der Waals surface area contributed by atoms with Gasteiger partial charge in [0, 0.05) is 5.56 Å². The number of aliphatic hydroxyl groups excluding tert-OH is 1. The smallest absolute Gasteiger partial charge is 0.123 e. The number of ether oxygens (including phenoxy) is 1. The van der Waals surface area contributed by atoms with Gasteiger partial charge in [0.2, 0.25) is 0 Å². The molecule has 2 nitrogen and oxygen atoms in total. The molecule has 1 saturated carbocycles. The first-order valence-corrected chi connectivity index (χ1v) is 7.60.